The van der Waals surface area contributed by atoms with Crippen LogP contribution in [0, 0.1) is 6.92 Å². The number of pyridine rings is 2. The summed E-state index contributed by atoms with van der Waals surface area (Å²) in [4.78, 5) is 20.3. The van der Waals surface area contributed by atoms with E-state index in [0.717, 1.165) is 28.5 Å². The van der Waals surface area contributed by atoms with Crippen molar-refractivity contribution in [1.82, 2.24) is 14.5 Å². The lowest BCUT2D eigenvalue weighted by Gasteiger charge is -2.08. The van der Waals surface area contributed by atoms with E-state index < -0.39 is 0 Å². The maximum absolute atomic E-state index is 12.7. The Labute approximate surface area is 139 Å². The quantitative estimate of drug-likeness (QED) is 0.625. The van der Waals surface area contributed by atoms with E-state index in [9.17, 15) is 4.79 Å². The second-order valence-corrected chi connectivity index (χ2v) is 6.24. The third-order valence-corrected chi connectivity index (χ3v) is 4.58. The van der Waals surface area contributed by atoms with Gasteiger partial charge in [0.15, 0.2) is 0 Å². The van der Waals surface area contributed by atoms with Crippen LogP contribution in [0.15, 0.2) is 53.7 Å². The molecule has 1 N–H and O–H groups in total. The van der Waals surface area contributed by atoms with Crippen molar-refractivity contribution in [2.24, 2.45) is 0 Å². The highest BCUT2D eigenvalue weighted by Crippen LogP contribution is 2.18. The Bertz CT molecular complexity index is 1100. The number of nitrogens with zero attached hydrogens (tertiary/aromatic N) is 2. The summed E-state index contributed by atoms with van der Waals surface area (Å²) in [5.74, 6) is 0. The van der Waals surface area contributed by atoms with Crippen molar-refractivity contribution < 1.29 is 0 Å². The van der Waals surface area contributed by atoms with Crippen molar-refractivity contribution in [3.63, 3.8) is 0 Å². The summed E-state index contributed by atoms with van der Waals surface area (Å²) in [5, 5.41) is 2.85. The summed E-state index contributed by atoms with van der Waals surface area (Å²) >= 11 is 0. The molecule has 120 valence electrons. The van der Waals surface area contributed by atoms with Gasteiger partial charge in [-0.15, -0.1) is 0 Å². The zero-order valence-electron chi connectivity index (χ0n) is 13.8. The fourth-order valence-electron chi connectivity index (χ4n) is 3.20. The number of hydrogen-bond donors (Lipinski definition) is 1. The second-order valence-electron chi connectivity index (χ2n) is 6.24. The third kappa shape index (κ3) is 2.40. The fourth-order valence-corrected chi connectivity index (χ4v) is 3.20. The van der Waals surface area contributed by atoms with Crippen LogP contribution in [0.4, 0.5) is 0 Å². The number of aromatic amines is 1. The van der Waals surface area contributed by atoms with Crippen LogP contribution >= 0.6 is 0 Å². The molecular weight excluding hydrogens is 298 g/mol. The first-order valence-electron chi connectivity index (χ1n) is 8.20. The fraction of sp³-hybridized carbons (Fsp3) is 0.200. The first-order valence-corrected chi connectivity index (χ1v) is 8.20. The van der Waals surface area contributed by atoms with Crippen LogP contribution in [0.2, 0.25) is 0 Å². The minimum atomic E-state index is 0.00419. The van der Waals surface area contributed by atoms with Gasteiger partial charge in [0.2, 0.25) is 0 Å². The lowest BCUT2D eigenvalue weighted by Crippen LogP contribution is -2.20. The molecule has 4 aromatic rings. The molecule has 0 aliphatic rings. The first-order chi connectivity index (χ1) is 11.7. The van der Waals surface area contributed by atoms with E-state index in [1.807, 2.05) is 19.2 Å². The second kappa shape index (κ2) is 5.64. The van der Waals surface area contributed by atoms with Crippen molar-refractivity contribution in [2.75, 3.05) is 0 Å². The summed E-state index contributed by atoms with van der Waals surface area (Å²) in [5.41, 5.74) is 4.48. The Kier molecular flexibility index (Phi) is 3.45. The zero-order chi connectivity index (χ0) is 16.7. The SMILES string of the molecule is CCc1cc2ccc(Cn3ccc4c(C)cncc4c3=O)cc2[nH]1. The van der Waals surface area contributed by atoms with Gasteiger partial charge < -0.3 is 9.55 Å². The molecule has 0 radical (unpaired) electrons. The first kappa shape index (κ1) is 14.7. The molecule has 0 atom stereocenters. The van der Waals surface area contributed by atoms with E-state index >= 15 is 0 Å². The van der Waals surface area contributed by atoms with E-state index in [2.05, 4.69) is 41.2 Å². The van der Waals surface area contributed by atoms with Gasteiger partial charge in [-0.3, -0.25) is 9.78 Å². The minimum Gasteiger partial charge on any atom is -0.358 e. The minimum absolute atomic E-state index is 0.00419. The van der Waals surface area contributed by atoms with Gasteiger partial charge in [-0.05, 0) is 53.4 Å². The lowest BCUT2D eigenvalue weighted by atomic mass is 10.1. The van der Waals surface area contributed by atoms with E-state index in [4.69, 9.17) is 0 Å². The van der Waals surface area contributed by atoms with Crippen molar-refractivity contribution >= 4 is 21.7 Å². The Morgan fingerprint density at radius 2 is 2.00 bits per heavy atom. The number of hydrogen-bond acceptors (Lipinski definition) is 2. The number of fused-ring (bicyclic) bond motifs is 2. The average molecular weight is 317 g/mol. The lowest BCUT2D eigenvalue weighted by molar-refractivity contribution is 0.768. The summed E-state index contributed by atoms with van der Waals surface area (Å²) in [7, 11) is 0. The molecule has 4 rings (SSSR count). The third-order valence-electron chi connectivity index (χ3n) is 4.58. The van der Waals surface area contributed by atoms with E-state index in [1.54, 1.807) is 17.0 Å². The van der Waals surface area contributed by atoms with Gasteiger partial charge in [0.05, 0.1) is 11.9 Å². The topological polar surface area (TPSA) is 50.7 Å². The largest absolute Gasteiger partial charge is 0.358 e. The predicted molar refractivity (Wildman–Crippen MR) is 97.5 cm³/mol. The normalized spacial score (nSPS) is 11.4. The summed E-state index contributed by atoms with van der Waals surface area (Å²) in [6.07, 6.45) is 6.30. The molecule has 0 fully saturated rings. The molecule has 0 amide bonds. The number of H-pyrrole nitrogens is 1. The molecule has 4 nitrogen and oxygen atoms in total. The number of aromatic nitrogens is 3. The van der Waals surface area contributed by atoms with E-state index in [1.165, 1.54) is 11.1 Å². The highest BCUT2D eigenvalue weighted by Gasteiger charge is 2.07. The molecule has 3 aromatic heterocycles. The van der Waals surface area contributed by atoms with Crippen LogP contribution < -0.4 is 5.56 Å². The summed E-state index contributed by atoms with van der Waals surface area (Å²) in [6, 6.07) is 10.5. The molecule has 3 heterocycles. The molecule has 0 aliphatic carbocycles. The number of nitrogens with one attached hydrogen (secondary N) is 1. The van der Waals surface area contributed by atoms with Gasteiger partial charge in [0.25, 0.3) is 5.56 Å². The van der Waals surface area contributed by atoms with Gasteiger partial charge in [0.1, 0.15) is 0 Å². The Balaban J connectivity index is 1.76. The molecular formula is C20H19N3O. The molecule has 24 heavy (non-hydrogen) atoms. The molecule has 0 spiro atoms. The average Bonchev–Trinajstić information content (AvgIpc) is 3.00. The molecule has 0 saturated carbocycles. The molecule has 0 saturated heterocycles. The van der Waals surface area contributed by atoms with Gasteiger partial charge in [-0.1, -0.05) is 19.1 Å². The molecule has 0 bridgehead atoms. The zero-order valence-corrected chi connectivity index (χ0v) is 13.8. The molecule has 1 aromatic carbocycles. The van der Waals surface area contributed by atoms with Crippen LogP contribution in [-0.4, -0.2) is 14.5 Å². The van der Waals surface area contributed by atoms with Crippen molar-refractivity contribution in [3.8, 4) is 0 Å². The Morgan fingerprint density at radius 1 is 1.12 bits per heavy atom. The maximum atomic E-state index is 12.7. The van der Waals surface area contributed by atoms with E-state index in [-0.39, 0.29) is 5.56 Å². The van der Waals surface area contributed by atoms with Crippen molar-refractivity contribution in [2.45, 2.75) is 26.8 Å². The highest BCUT2D eigenvalue weighted by atomic mass is 16.1. The monoisotopic (exact) mass is 317 g/mol. The van der Waals surface area contributed by atoms with E-state index in [0.29, 0.717) is 11.9 Å². The standard InChI is InChI=1S/C20H19N3O/c1-3-16-9-15-5-4-14(8-19(15)22-16)12-23-7-6-17-13(2)10-21-11-18(17)20(23)24/h4-11,22H,3,12H2,1-2H3. The van der Waals surface area contributed by atoms with Crippen LogP contribution in [0.25, 0.3) is 21.7 Å². The Hall–Kier alpha value is -2.88. The Morgan fingerprint density at radius 3 is 2.83 bits per heavy atom. The van der Waals surface area contributed by atoms with Crippen LogP contribution in [0.5, 0.6) is 0 Å². The summed E-state index contributed by atoms with van der Waals surface area (Å²) < 4.78 is 1.74. The van der Waals surface area contributed by atoms with Gasteiger partial charge in [-0.2, -0.15) is 0 Å². The van der Waals surface area contributed by atoms with Crippen LogP contribution in [0.3, 0.4) is 0 Å². The molecule has 0 aliphatic heterocycles. The number of rotatable bonds is 3. The molecule has 4 heteroatoms. The van der Waals surface area contributed by atoms with Gasteiger partial charge in [-0.25, -0.2) is 0 Å². The van der Waals surface area contributed by atoms with Crippen molar-refractivity contribution in [3.05, 3.63) is 76.1 Å². The molecule has 0 unspecified atom stereocenters. The van der Waals surface area contributed by atoms with Crippen LogP contribution in [0.1, 0.15) is 23.7 Å². The summed E-state index contributed by atoms with van der Waals surface area (Å²) in [6.45, 7) is 4.67. The van der Waals surface area contributed by atoms with Crippen molar-refractivity contribution in [1.29, 1.82) is 0 Å². The number of benzene rings is 1. The maximum Gasteiger partial charge on any atom is 0.260 e. The number of aryl methyl sites for hydroxylation is 2. The highest BCUT2D eigenvalue weighted by molar-refractivity contribution is 5.83. The smallest absolute Gasteiger partial charge is 0.260 e. The predicted octanol–water partition coefficient (Wildman–Crippen LogP) is 3.80. The van der Waals surface area contributed by atoms with Gasteiger partial charge >= 0.3 is 0 Å². The van der Waals surface area contributed by atoms with Crippen LogP contribution in [-0.2, 0) is 13.0 Å². The van der Waals surface area contributed by atoms with Gasteiger partial charge in [0, 0.05) is 29.8 Å².